The van der Waals surface area contributed by atoms with Crippen molar-refractivity contribution in [2.24, 2.45) is 11.1 Å². The largest absolute Gasteiger partial charge is 0.281 e. The van der Waals surface area contributed by atoms with Crippen molar-refractivity contribution in [2.75, 3.05) is 0 Å². The van der Waals surface area contributed by atoms with Crippen molar-refractivity contribution < 1.29 is 0 Å². The van der Waals surface area contributed by atoms with Crippen LogP contribution in [0.15, 0.2) is 29.5 Å². The molecule has 0 aliphatic rings. The van der Waals surface area contributed by atoms with Gasteiger partial charge in [0.2, 0.25) is 0 Å². The molecule has 1 rings (SSSR count). The Labute approximate surface area is 89.0 Å². The molecule has 0 aliphatic heterocycles. The Kier molecular flexibility index (Phi) is 3.32. The molecule has 0 amide bonds. The zero-order chi connectivity index (χ0) is 9.84. The van der Waals surface area contributed by atoms with Crippen molar-refractivity contribution >= 4 is 28.4 Å². The molecule has 4 N–H and O–H groups in total. The minimum Gasteiger partial charge on any atom is -0.281 e. The molecule has 6 heteroatoms. The molecular formula is C7H8IN5. The van der Waals surface area contributed by atoms with Gasteiger partial charge in [-0.15, -0.1) is 0 Å². The lowest BCUT2D eigenvalue weighted by Crippen LogP contribution is -2.32. The maximum Gasteiger partial charge on any atom is 0.168 e. The smallest absolute Gasteiger partial charge is 0.168 e. The van der Waals surface area contributed by atoms with E-state index in [4.69, 9.17) is 16.8 Å². The van der Waals surface area contributed by atoms with Gasteiger partial charge in [0, 0.05) is 9.13 Å². The van der Waals surface area contributed by atoms with Crippen LogP contribution in [0.25, 0.3) is 0 Å². The normalized spacial score (nSPS) is 9.38. The highest BCUT2D eigenvalue weighted by Gasteiger charge is 2.09. The van der Waals surface area contributed by atoms with Crippen LogP contribution in [0.5, 0.6) is 0 Å². The second kappa shape index (κ2) is 4.28. The molecule has 0 aliphatic carbocycles. The Morgan fingerprint density at radius 1 is 1.46 bits per heavy atom. The summed E-state index contributed by atoms with van der Waals surface area (Å²) in [6.45, 7) is 0. The Morgan fingerprint density at radius 2 is 2.08 bits per heavy atom. The minimum atomic E-state index is 0.0139. The van der Waals surface area contributed by atoms with Crippen LogP contribution in [0.4, 0.5) is 0 Å². The predicted octanol–water partition coefficient (Wildman–Crippen LogP) is 1.74. The number of nitrogens with zero attached hydrogens (tertiary/aromatic N) is 2. The van der Waals surface area contributed by atoms with E-state index in [2.05, 4.69) is 27.8 Å². The first kappa shape index (κ1) is 10.1. The molecule has 0 unspecified atom stereocenters. The summed E-state index contributed by atoms with van der Waals surface area (Å²) in [6.07, 6.45) is 0. The fraction of sp³-hybridized carbons (Fsp3) is 0. The van der Waals surface area contributed by atoms with Crippen LogP contribution in [0, 0.1) is 14.5 Å². The van der Waals surface area contributed by atoms with Crippen LogP contribution in [0.1, 0.15) is 5.56 Å². The summed E-state index contributed by atoms with van der Waals surface area (Å²) >= 11 is 2.10. The third-order valence-corrected chi connectivity index (χ3v) is 2.41. The van der Waals surface area contributed by atoms with Gasteiger partial charge < -0.3 is 0 Å². The van der Waals surface area contributed by atoms with Gasteiger partial charge in [-0.25, -0.2) is 5.84 Å². The predicted molar refractivity (Wildman–Crippen MR) is 57.2 cm³/mol. The molecule has 0 fully saturated rings. The third-order valence-electron chi connectivity index (χ3n) is 1.47. The van der Waals surface area contributed by atoms with Crippen molar-refractivity contribution in [3.05, 3.63) is 33.4 Å². The molecule has 0 bridgehead atoms. The summed E-state index contributed by atoms with van der Waals surface area (Å²) in [5, 5.41) is 11.2. The maximum atomic E-state index is 7.56. The van der Waals surface area contributed by atoms with Gasteiger partial charge >= 0.3 is 0 Å². The van der Waals surface area contributed by atoms with E-state index >= 15 is 0 Å². The summed E-state index contributed by atoms with van der Waals surface area (Å²) < 4.78 is 0.907. The summed E-state index contributed by atoms with van der Waals surface area (Å²) in [4.78, 5) is 0. The van der Waals surface area contributed by atoms with Gasteiger partial charge in [-0.3, -0.25) is 5.41 Å². The molecular weight excluding hydrogens is 281 g/mol. The Bertz CT molecular complexity index is 337. The van der Waals surface area contributed by atoms with Gasteiger partial charge in [0.1, 0.15) is 0 Å². The van der Waals surface area contributed by atoms with Gasteiger partial charge in [-0.2, -0.15) is 10.6 Å². The van der Waals surface area contributed by atoms with Crippen molar-refractivity contribution in [1.29, 1.82) is 10.9 Å². The zero-order valence-corrected chi connectivity index (χ0v) is 8.82. The second-order valence-electron chi connectivity index (χ2n) is 2.27. The fourth-order valence-electron chi connectivity index (χ4n) is 0.827. The average molecular weight is 289 g/mol. The highest BCUT2D eigenvalue weighted by atomic mass is 127. The van der Waals surface area contributed by atoms with Crippen molar-refractivity contribution in [3.63, 3.8) is 0 Å². The van der Waals surface area contributed by atoms with Gasteiger partial charge in [-0.1, -0.05) is 23.4 Å². The van der Waals surface area contributed by atoms with E-state index in [0.29, 0.717) is 5.56 Å². The number of benzene rings is 1. The van der Waals surface area contributed by atoms with Gasteiger partial charge in [0.25, 0.3) is 0 Å². The topological polar surface area (TPSA) is 89.3 Å². The molecule has 0 aromatic heterocycles. The van der Waals surface area contributed by atoms with Gasteiger partial charge in [-0.05, 0) is 28.7 Å². The number of hydrogen-bond acceptors (Lipinski definition) is 4. The number of rotatable bonds is 2. The number of nitrogens with two attached hydrogens (primary N) is 1. The van der Waals surface area contributed by atoms with Crippen molar-refractivity contribution in [3.8, 4) is 0 Å². The van der Waals surface area contributed by atoms with E-state index in [9.17, 15) is 0 Å². The lowest BCUT2D eigenvalue weighted by Gasteiger charge is -2.11. The number of amidine groups is 1. The monoisotopic (exact) mass is 289 g/mol. The molecule has 0 saturated carbocycles. The third kappa shape index (κ3) is 2.22. The summed E-state index contributed by atoms with van der Waals surface area (Å²) in [5.41, 5.74) is 7.31. The molecule has 13 heavy (non-hydrogen) atoms. The van der Waals surface area contributed by atoms with Gasteiger partial charge in [0.15, 0.2) is 5.84 Å². The number of halogens is 1. The van der Waals surface area contributed by atoms with Crippen LogP contribution in [0.2, 0.25) is 0 Å². The molecule has 0 atom stereocenters. The summed E-state index contributed by atoms with van der Waals surface area (Å²) in [5.74, 6) is 5.28. The van der Waals surface area contributed by atoms with E-state index < -0.39 is 0 Å². The van der Waals surface area contributed by atoms with E-state index in [1.165, 1.54) is 0 Å². The van der Waals surface area contributed by atoms with E-state index in [1.54, 1.807) is 6.07 Å². The molecule has 68 valence electrons. The maximum absolute atomic E-state index is 7.56. The number of hydrogen-bond donors (Lipinski definition) is 3. The highest BCUT2D eigenvalue weighted by molar-refractivity contribution is 14.1. The van der Waals surface area contributed by atoms with Crippen LogP contribution >= 0.6 is 22.6 Å². The molecule has 0 radical (unpaired) electrons. The van der Waals surface area contributed by atoms with E-state index in [1.807, 2.05) is 18.2 Å². The second-order valence-corrected chi connectivity index (χ2v) is 3.44. The fourth-order valence-corrected chi connectivity index (χ4v) is 1.47. The SMILES string of the molecule is N=NN(N)C(=N)c1ccccc1I. The molecule has 0 spiro atoms. The average Bonchev–Trinajstić information content (AvgIpc) is 2.16. The van der Waals surface area contributed by atoms with Crippen LogP contribution in [-0.2, 0) is 0 Å². The lowest BCUT2D eigenvalue weighted by atomic mass is 10.2. The minimum absolute atomic E-state index is 0.0139. The molecule has 0 saturated heterocycles. The highest BCUT2D eigenvalue weighted by Crippen LogP contribution is 2.12. The standard InChI is InChI=1S/C7H8IN5/c8-6-4-2-1-3-5(6)7(9)13(11)12-10/h1-4,9-10H,11H2. The number of nitrogens with one attached hydrogen (secondary N) is 2. The van der Waals surface area contributed by atoms with Crippen LogP contribution < -0.4 is 5.84 Å². The first-order valence-corrected chi connectivity index (χ1v) is 4.50. The summed E-state index contributed by atoms with van der Waals surface area (Å²) in [6, 6.07) is 7.30. The lowest BCUT2D eigenvalue weighted by molar-refractivity contribution is 0.422. The van der Waals surface area contributed by atoms with E-state index in [-0.39, 0.29) is 5.84 Å². The Hall–Kier alpha value is -1.02. The zero-order valence-electron chi connectivity index (χ0n) is 6.66. The molecule has 0 heterocycles. The van der Waals surface area contributed by atoms with E-state index in [0.717, 1.165) is 8.69 Å². The van der Waals surface area contributed by atoms with Crippen molar-refractivity contribution in [1.82, 2.24) is 5.12 Å². The van der Waals surface area contributed by atoms with Gasteiger partial charge in [0.05, 0.1) is 0 Å². The first-order valence-electron chi connectivity index (χ1n) is 3.42. The quantitative estimate of drug-likeness (QED) is 0.193. The van der Waals surface area contributed by atoms with Crippen LogP contribution in [-0.4, -0.2) is 11.0 Å². The van der Waals surface area contributed by atoms with Crippen LogP contribution in [0.3, 0.4) is 0 Å². The number of hydrazine groups is 1. The Morgan fingerprint density at radius 3 is 2.62 bits per heavy atom. The summed E-state index contributed by atoms with van der Waals surface area (Å²) in [7, 11) is 0. The molecule has 1 aromatic rings. The van der Waals surface area contributed by atoms with Crippen molar-refractivity contribution in [2.45, 2.75) is 0 Å². The first-order chi connectivity index (χ1) is 6.16. The molecule has 1 aromatic carbocycles. The molecule has 5 nitrogen and oxygen atoms in total. The Balaban J connectivity index is 3.02.